The van der Waals surface area contributed by atoms with E-state index >= 15 is 0 Å². The van der Waals surface area contributed by atoms with E-state index in [1.54, 1.807) is 30.3 Å². The molecule has 1 aliphatic rings. The molecule has 2 amide bonds. The van der Waals surface area contributed by atoms with E-state index in [1.165, 1.54) is 0 Å². The zero-order valence-electron chi connectivity index (χ0n) is 15.0. The first-order valence-electron chi connectivity index (χ1n) is 9.06. The number of carbonyl (C=O) groups is 2. The summed E-state index contributed by atoms with van der Waals surface area (Å²) in [7, 11) is 0. The van der Waals surface area contributed by atoms with Crippen LogP contribution in [0.5, 0.6) is 0 Å². The third-order valence-corrected chi connectivity index (χ3v) is 4.98. The van der Waals surface area contributed by atoms with Crippen LogP contribution in [0.15, 0.2) is 48.5 Å². The highest BCUT2D eigenvalue weighted by atomic mass is 16.2. The minimum Gasteiger partial charge on any atom is -0.349 e. The number of rotatable bonds is 5. The lowest BCUT2D eigenvalue weighted by Crippen LogP contribution is -2.40. The molecule has 26 heavy (non-hydrogen) atoms. The van der Waals surface area contributed by atoms with Crippen LogP contribution in [0.3, 0.4) is 0 Å². The number of hydrogen-bond acceptors (Lipinski definition) is 3. The van der Waals surface area contributed by atoms with Crippen molar-refractivity contribution in [2.45, 2.75) is 32.2 Å². The van der Waals surface area contributed by atoms with Crippen LogP contribution in [0.1, 0.15) is 45.5 Å². The number of para-hydroxylation sites is 1. The Bertz CT molecular complexity index is 803. The van der Waals surface area contributed by atoms with Crippen molar-refractivity contribution in [3.05, 3.63) is 65.2 Å². The van der Waals surface area contributed by atoms with Crippen LogP contribution < -0.4 is 16.4 Å². The van der Waals surface area contributed by atoms with Gasteiger partial charge in [-0.25, -0.2) is 0 Å². The van der Waals surface area contributed by atoms with Gasteiger partial charge in [-0.1, -0.05) is 36.2 Å². The maximum Gasteiger partial charge on any atom is 0.255 e. The quantitative estimate of drug-likeness (QED) is 0.774. The molecule has 136 valence electrons. The van der Waals surface area contributed by atoms with Crippen molar-refractivity contribution < 1.29 is 9.59 Å². The van der Waals surface area contributed by atoms with Crippen molar-refractivity contribution >= 4 is 17.5 Å². The molecule has 1 fully saturated rings. The fraction of sp³-hybridized carbons (Fsp3) is 0.333. The zero-order chi connectivity index (χ0) is 18.5. The first-order chi connectivity index (χ1) is 12.6. The van der Waals surface area contributed by atoms with E-state index in [9.17, 15) is 9.59 Å². The second-order valence-corrected chi connectivity index (χ2v) is 6.88. The summed E-state index contributed by atoms with van der Waals surface area (Å²) < 4.78 is 0. The van der Waals surface area contributed by atoms with Gasteiger partial charge in [-0.3, -0.25) is 9.59 Å². The minimum absolute atomic E-state index is 0.105. The van der Waals surface area contributed by atoms with Crippen molar-refractivity contribution in [2.24, 2.45) is 11.7 Å². The Morgan fingerprint density at radius 2 is 1.88 bits per heavy atom. The summed E-state index contributed by atoms with van der Waals surface area (Å²) in [5, 5.41) is 5.95. The average Bonchev–Trinajstić information content (AvgIpc) is 3.09. The van der Waals surface area contributed by atoms with Gasteiger partial charge in [0.05, 0.1) is 11.3 Å². The summed E-state index contributed by atoms with van der Waals surface area (Å²) in [6.45, 7) is 2.52. The van der Waals surface area contributed by atoms with Gasteiger partial charge in [-0.15, -0.1) is 0 Å². The Balaban J connectivity index is 1.75. The summed E-state index contributed by atoms with van der Waals surface area (Å²) in [6.07, 6.45) is 3.08. The van der Waals surface area contributed by atoms with Crippen LogP contribution in [0, 0.1) is 12.8 Å². The predicted octanol–water partition coefficient (Wildman–Crippen LogP) is 3.10. The second-order valence-electron chi connectivity index (χ2n) is 6.88. The third kappa shape index (κ3) is 4.11. The predicted molar refractivity (Wildman–Crippen MR) is 103 cm³/mol. The van der Waals surface area contributed by atoms with E-state index in [2.05, 4.69) is 10.6 Å². The Morgan fingerprint density at radius 1 is 1.08 bits per heavy atom. The van der Waals surface area contributed by atoms with E-state index in [1.807, 2.05) is 25.1 Å². The molecule has 0 aliphatic heterocycles. The van der Waals surface area contributed by atoms with Crippen molar-refractivity contribution in [3.63, 3.8) is 0 Å². The number of amides is 2. The van der Waals surface area contributed by atoms with Crippen LogP contribution in [0.2, 0.25) is 0 Å². The largest absolute Gasteiger partial charge is 0.349 e. The molecule has 0 spiro atoms. The molecular weight excluding hydrogens is 326 g/mol. The molecule has 3 rings (SSSR count). The highest BCUT2D eigenvalue weighted by molar-refractivity contribution is 6.09. The van der Waals surface area contributed by atoms with E-state index in [-0.39, 0.29) is 17.9 Å². The fourth-order valence-corrected chi connectivity index (χ4v) is 3.53. The zero-order valence-corrected chi connectivity index (χ0v) is 15.0. The first kappa shape index (κ1) is 18.1. The van der Waals surface area contributed by atoms with Crippen molar-refractivity contribution in [2.75, 3.05) is 11.9 Å². The molecule has 0 bridgehead atoms. The smallest absolute Gasteiger partial charge is 0.255 e. The lowest BCUT2D eigenvalue weighted by molar-refractivity contribution is 0.0929. The standard InChI is InChI=1S/C21H25N3O2/c1-14-6-4-7-15(12-14)20(25)24-19-10-3-2-9-17(19)21(26)23-18-11-5-8-16(18)13-22/h2-4,6-7,9-10,12,16,18H,5,8,11,13,22H2,1H3,(H,23,26)(H,24,25). The fourth-order valence-electron chi connectivity index (χ4n) is 3.53. The average molecular weight is 351 g/mol. The summed E-state index contributed by atoms with van der Waals surface area (Å²) in [4.78, 5) is 25.3. The Labute approximate surface area is 154 Å². The van der Waals surface area contributed by atoms with Gasteiger partial charge < -0.3 is 16.4 Å². The Kier molecular flexibility index (Phi) is 5.68. The molecule has 4 N–H and O–H groups in total. The van der Waals surface area contributed by atoms with Crippen LogP contribution in [-0.4, -0.2) is 24.4 Å². The lowest BCUT2D eigenvalue weighted by Gasteiger charge is -2.20. The number of benzene rings is 2. The minimum atomic E-state index is -0.227. The molecule has 0 heterocycles. The van der Waals surface area contributed by atoms with Crippen molar-refractivity contribution in [3.8, 4) is 0 Å². The maximum absolute atomic E-state index is 12.8. The highest BCUT2D eigenvalue weighted by Crippen LogP contribution is 2.25. The molecule has 1 saturated carbocycles. The summed E-state index contributed by atoms with van der Waals surface area (Å²) in [5.41, 5.74) is 8.36. The first-order valence-corrected chi connectivity index (χ1v) is 9.06. The molecule has 0 aromatic heterocycles. The van der Waals surface area contributed by atoms with E-state index < -0.39 is 0 Å². The van der Waals surface area contributed by atoms with E-state index in [0.29, 0.717) is 29.3 Å². The van der Waals surface area contributed by atoms with E-state index in [4.69, 9.17) is 5.73 Å². The summed E-state index contributed by atoms with van der Waals surface area (Å²) in [6, 6.07) is 14.5. The normalized spacial score (nSPS) is 19.2. The highest BCUT2D eigenvalue weighted by Gasteiger charge is 2.28. The van der Waals surface area contributed by atoms with Crippen LogP contribution in [0.25, 0.3) is 0 Å². The van der Waals surface area contributed by atoms with Gasteiger partial charge in [0.2, 0.25) is 0 Å². The number of nitrogens with two attached hydrogens (primary N) is 1. The molecule has 0 radical (unpaired) electrons. The van der Waals surface area contributed by atoms with E-state index in [0.717, 1.165) is 24.8 Å². The number of nitrogens with one attached hydrogen (secondary N) is 2. The molecular formula is C21H25N3O2. The molecule has 2 aromatic rings. The van der Waals surface area contributed by atoms with Crippen LogP contribution in [0.4, 0.5) is 5.69 Å². The molecule has 2 unspecified atom stereocenters. The van der Waals surface area contributed by atoms with Crippen LogP contribution in [-0.2, 0) is 0 Å². The topological polar surface area (TPSA) is 84.2 Å². The molecule has 2 aromatic carbocycles. The van der Waals surface area contributed by atoms with Gasteiger partial charge in [0, 0.05) is 11.6 Å². The molecule has 0 saturated heterocycles. The SMILES string of the molecule is Cc1cccc(C(=O)Nc2ccccc2C(=O)NC2CCCC2CN)c1. The molecule has 5 nitrogen and oxygen atoms in total. The van der Waals surface area contributed by atoms with Gasteiger partial charge in [0.15, 0.2) is 0 Å². The number of hydrogen-bond donors (Lipinski definition) is 3. The number of carbonyl (C=O) groups excluding carboxylic acids is 2. The maximum atomic E-state index is 12.8. The molecule has 2 atom stereocenters. The summed E-state index contributed by atoms with van der Waals surface area (Å²) >= 11 is 0. The van der Waals surface area contributed by atoms with Crippen molar-refractivity contribution in [1.82, 2.24) is 5.32 Å². The molecule has 1 aliphatic carbocycles. The van der Waals surface area contributed by atoms with Crippen LogP contribution >= 0.6 is 0 Å². The van der Waals surface area contributed by atoms with Gasteiger partial charge >= 0.3 is 0 Å². The summed E-state index contributed by atoms with van der Waals surface area (Å²) in [5.74, 6) is -0.0712. The lowest BCUT2D eigenvalue weighted by atomic mass is 10.0. The van der Waals surface area contributed by atoms with Gasteiger partial charge in [-0.2, -0.15) is 0 Å². The second kappa shape index (κ2) is 8.15. The Morgan fingerprint density at radius 3 is 2.65 bits per heavy atom. The number of aryl methyl sites for hydroxylation is 1. The number of anilines is 1. The third-order valence-electron chi connectivity index (χ3n) is 4.98. The van der Waals surface area contributed by atoms with Gasteiger partial charge in [0.1, 0.15) is 0 Å². The molecule has 5 heteroatoms. The van der Waals surface area contributed by atoms with Gasteiger partial charge in [-0.05, 0) is 56.5 Å². The van der Waals surface area contributed by atoms with Crippen molar-refractivity contribution in [1.29, 1.82) is 0 Å². The monoisotopic (exact) mass is 351 g/mol. The Hall–Kier alpha value is -2.66. The van der Waals surface area contributed by atoms with Gasteiger partial charge in [0.25, 0.3) is 11.8 Å².